The first-order valence-electron chi connectivity index (χ1n) is 7.02. The van der Waals surface area contributed by atoms with Crippen LogP contribution in [0.3, 0.4) is 0 Å². The lowest BCUT2D eigenvalue weighted by molar-refractivity contribution is -0.0660. The molecule has 0 saturated carbocycles. The highest BCUT2D eigenvalue weighted by molar-refractivity contribution is 8.87. The number of thiol groups is 1. The van der Waals surface area contributed by atoms with E-state index in [-0.39, 0.29) is 0 Å². The Morgan fingerprint density at radius 3 is 2.35 bits per heavy atom. The molecule has 4 nitrogen and oxygen atoms in total. The van der Waals surface area contributed by atoms with Crippen LogP contribution in [0.5, 0.6) is 0 Å². The molecule has 1 aromatic rings. The summed E-state index contributed by atoms with van der Waals surface area (Å²) in [5.74, 6) is 0. The molecule has 20 heavy (non-hydrogen) atoms. The molecule has 0 atom stereocenters. The number of pyridine rings is 1. The summed E-state index contributed by atoms with van der Waals surface area (Å²) in [6.45, 7) is 6.23. The van der Waals surface area contributed by atoms with Crippen LogP contribution in [-0.4, -0.2) is 67.8 Å². The quantitative estimate of drug-likeness (QED) is 0.681. The number of nitrogens with zero attached hydrogens (tertiary/aromatic N) is 3. The summed E-state index contributed by atoms with van der Waals surface area (Å²) in [6, 6.07) is 4.98. The molecule has 0 radical (unpaired) electrons. The van der Waals surface area contributed by atoms with Crippen molar-refractivity contribution < 1.29 is 4.74 Å². The van der Waals surface area contributed by atoms with Gasteiger partial charge in [0.2, 0.25) is 0 Å². The highest BCUT2D eigenvalue weighted by Crippen LogP contribution is 2.52. The van der Waals surface area contributed by atoms with Crippen LogP contribution < -0.4 is 4.90 Å². The third-order valence-corrected chi connectivity index (χ3v) is 5.88. The van der Waals surface area contributed by atoms with Crippen molar-refractivity contribution in [1.29, 1.82) is 0 Å². The van der Waals surface area contributed by atoms with E-state index in [9.17, 15) is 0 Å². The zero-order valence-corrected chi connectivity index (χ0v) is 13.9. The first kappa shape index (κ1) is 14.5. The zero-order chi connectivity index (χ0) is 14.2. The molecule has 2 aliphatic heterocycles. The molecule has 3 rings (SSSR count). The average molecular weight is 313 g/mol. The Balaban J connectivity index is 1.60. The van der Waals surface area contributed by atoms with Crippen LogP contribution in [0.1, 0.15) is 0 Å². The van der Waals surface area contributed by atoms with Crippen molar-refractivity contribution >= 4 is 26.4 Å². The molecular formula is C14H23N3OS2. The molecule has 0 N–H and O–H groups in total. The Hall–Kier alpha value is -0.430. The molecule has 3 heterocycles. The summed E-state index contributed by atoms with van der Waals surface area (Å²) in [5.41, 5.74) is 1.23. The lowest BCUT2D eigenvalue weighted by atomic mass is 10.2. The predicted octanol–water partition coefficient (Wildman–Crippen LogP) is 1.87. The van der Waals surface area contributed by atoms with Crippen LogP contribution >= 0.6 is 20.7 Å². The fraction of sp³-hybridized carbons (Fsp3) is 0.643. The summed E-state index contributed by atoms with van der Waals surface area (Å²) in [4.78, 5) is 9.56. The third kappa shape index (κ3) is 3.08. The van der Waals surface area contributed by atoms with E-state index in [0.29, 0.717) is 6.04 Å². The van der Waals surface area contributed by atoms with Gasteiger partial charge in [-0.25, -0.2) is 4.98 Å². The molecule has 0 unspecified atom stereocenters. The number of hydrogen-bond donors (Lipinski definition) is 1. The molecule has 1 aromatic heterocycles. The second kappa shape index (κ2) is 5.75. The highest BCUT2D eigenvalue weighted by atomic mass is 33.1. The number of piperazine rings is 1. The number of hydrogen-bond acceptors (Lipinski definition) is 5. The maximum absolute atomic E-state index is 5.27. The van der Waals surface area contributed by atoms with Crippen molar-refractivity contribution in [3.05, 3.63) is 18.3 Å². The van der Waals surface area contributed by atoms with Crippen LogP contribution in [0.15, 0.2) is 23.4 Å². The SMILES string of the molecule is CS(C)(S)c1ccc(N2CCN(C3COC3)CC2)cn1. The molecule has 0 amide bonds. The van der Waals surface area contributed by atoms with Crippen molar-refractivity contribution in [2.75, 3.05) is 56.8 Å². The topological polar surface area (TPSA) is 28.6 Å². The van der Waals surface area contributed by atoms with Gasteiger partial charge in [0.1, 0.15) is 0 Å². The van der Waals surface area contributed by atoms with E-state index in [0.717, 1.165) is 44.4 Å². The van der Waals surface area contributed by atoms with Gasteiger partial charge in [0.25, 0.3) is 0 Å². The molecule has 0 bridgehead atoms. The first-order chi connectivity index (χ1) is 9.54. The minimum Gasteiger partial charge on any atom is -0.378 e. The second-order valence-electron chi connectivity index (χ2n) is 5.84. The lowest BCUT2D eigenvalue weighted by Crippen LogP contribution is -2.56. The van der Waals surface area contributed by atoms with Gasteiger partial charge in [0.05, 0.1) is 36.2 Å². The number of aromatic nitrogens is 1. The summed E-state index contributed by atoms with van der Waals surface area (Å²) in [7, 11) is -1.02. The van der Waals surface area contributed by atoms with E-state index in [4.69, 9.17) is 4.74 Å². The van der Waals surface area contributed by atoms with Crippen LogP contribution in [0, 0.1) is 0 Å². The molecule has 2 fully saturated rings. The number of ether oxygens (including phenoxy) is 1. The Bertz CT molecular complexity index is 448. The summed E-state index contributed by atoms with van der Waals surface area (Å²) in [5, 5.41) is 1.11. The van der Waals surface area contributed by atoms with Gasteiger partial charge < -0.3 is 9.64 Å². The van der Waals surface area contributed by atoms with E-state index in [1.54, 1.807) is 0 Å². The average Bonchev–Trinajstić information content (AvgIpc) is 2.37. The van der Waals surface area contributed by atoms with Crippen molar-refractivity contribution in [2.45, 2.75) is 11.1 Å². The van der Waals surface area contributed by atoms with Crippen LogP contribution in [-0.2, 0) is 4.74 Å². The van der Waals surface area contributed by atoms with Gasteiger partial charge in [0.15, 0.2) is 0 Å². The van der Waals surface area contributed by atoms with E-state index in [1.165, 1.54) is 5.69 Å². The minimum atomic E-state index is -1.02. The Kier molecular flexibility index (Phi) is 4.17. The fourth-order valence-corrected chi connectivity index (χ4v) is 3.67. The zero-order valence-electron chi connectivity index (χ0n) is 12.2. The molecule has 0 aliphatic carbocycles. The van der Waals surface area contributed by atoms with Crippen molar-refractivity contribution in [2.24, 2.45) is 0 Å². The Labute approximate surface area is 127 Å². The maximum atomic E-state index is 5.27. The van der Waals surface area contributed by atoms with Crippen molar-refractivity contribution in [3.63, 3.8) is 0 Å². The van der Waals surface area contributed by atoms with Crippen molar-refractivity contribution in [3.8, 4) is 0 Å². The smallest absolute Gasteiger partial charge is 0.0872 e. The van der Waals surface area contributed by atoms with E-state index < -0.39 is 9.06 Å². The largest absolute Gasteiger partial charge is 0.378 e. The molecule has 0 aromatic carbocycles. The van der Waals surface area contributed by atoms with Crippen LogP contribution in [0.2, 0.25) is 0 Å². The Morgan fingerprint density at radius 1 is 1.20 bits per heavy atom. The number of rotatable bonds is 3. The molecule has 6 heteroatoms. The maximum Gasteiger partial charge on any atom is 0.0872 e. The molecule has 2 saturated heterocycles. The number of anilines is 1. The second-order valence-corrected chi connectivity index (χ2v) is 11.5. The normalized spacial score (nSPS) is 22.6. The summed E-state index contributed by atoms with van der Waals surface area (Å²) in [6.07, 6.45) is 6.30. The van der Waals surface area contributed by atoms with Gasteiger partial charge >= 0.3 is 0 Å². The first-order valence-corrected chi connectivity index (χ1v) is 10.5. The van der Waals surface area contributed by atoms with E-state index in [2.05, 4.69) is 51.1 Å². The lowest BCUT2D eigenvalue weighted by Gasteiger charge is -2.43. The van der Waals surface area contributed by atoms with Gasteiger partial charge in [-0.05, 0) is 24.6 Å². The van der Waals surface area contributed by atoms with Gasteiger partial charge in [0, 0.05) is 26.2 Å². The monoisotopic (exact) mass is 313 g/mol. The van der Waals surface area contributed by atoms with Gasteiger partial charge in [-0.2, -0.15) is 9.06 Å². The van der Waals surface area contributed by atoms with E-state index in [1.807, 2.05) is 6.20 Å². The van der Waals surface area contributed by atoms with Crippen molar-refractivity contribution in [1.82, 2.24) is 9.88 Å². The Morgan fingerprint density at radius 2 is 1.90 bits per heavy atom. The molecule has 112 valence electrons. The standard InChI is InChI=1S/C14H23N3OS2/c1-20(2,19)14-4-3-12(9-15-14)16-5-7-17(8-6-16)13-10-18-11-13/h3-4,9,13,19H,5-8,10-11H2,1-2H3. The van der Waals surface area contributed by atoms with Gasteiger partial charge in [-0.3, -0.25) is 4.90 Å². The molecular weight excluding hydrogens is 290 g/mol. The fourth-order valence-electron chi connectivity index (χ4n) is 2.63. The van der Waals surface area contributed by atoms with Gasteiger partial charge in [-0.15, -0.1) is 11.7 Å². The summed E-state index contributed by atoms with van der Waals surface area (Å²) < 4.78 is 5.27. The van der Waals surface area contributed by atoms with Crippen LogP contribution in [0.4, 0.5) is 5.69 Å². The minimum absolute atomic E-state index is 0.659. The van der Waals surface area contributed by atoms with E-state index >= 15 is 0 Å². The third-order valence-electron chi connectivity index (χ3n) is 4.05. The summed E-state index contributed by atoms with van der Waals surface area (Å²) >= 11 is 4.65. The van der Waals surface area contributed by atoms with Crippen LogP contribution in [0.25, 0.3) is 0 Å². The molecule has 2 aliphatic rings. The van der Waals surface area contributed by atoms with Gasteiger partial charge in [-0.1, -0.05) is 0 Å². The highest BCUT2D eigenvalue weighted by Gasteiger charge is 2.28. The predicted molar refractivity (Wildman–Crippen MR) is 89.3 cm³/mol. The molecule has 0 spiro atoms.